The van der Waals surface area contributed by atoms with Gasteiger partial charge in [0.05, 0.1) is 17.9 Å². The number of aromatic nitrogens is 2. The second-order valence-corrected chi connectivity index (χ2v) is 6.18. The molecule has 1 amide bonds. The van der Waals surface area contributed by atoms with Gasteiger partial charge in [-0.25, -0.2) is 4.79 Å². The van der Waals surface area contributed by atoms with Crippen LogP contribution in [0.1, 0.15) is 27.3 Å². The van der Waals surface area contributed by atoms with Gasteiger partial charge in [-0.05, 0) is 31.5 Å². The summed E-state index contributed by atoms with van der Waals surface area (Å²) in [5.74, 6) is -0.936. The fraction of sp³-hybridized carbons (Fsp3) is 0.190. The number of ether oxygens (including phenoxy) is 1. The monoisotopic (exact) mass is 363 g/mol. The Balaban J connectivity index is 1.63. The summed E-state index contributed by atoms with van der Waals surface area (Å²) in [4.78, 5) is 24.4. The number of anilines is 1. The number of nitrogens with one attached hydrogen (secondary N) is 1. The Morgan fingerprint density at radius 1 is 1.00 bits per heavy atom. The molecule has 6 nitrogen and oxygen atoms in total. The number of esters is 1. The summed E-state index contributed by atoms with van der Waals surface area (Å²) in [6, 6.07) is 18.9. The van der Waals surface area contributed by atoms with Crippen molar-refractivity contribution in [1.29, 1.82) is 0 Å². The van der Waals surface area contributed by atoms with Crippen molar-refractivity contribution in [2.45, 2.75) is 20.4 Å². The fourth-order valence-electron chi connectivity index (χ4n) is 2.82. The highest BCUT2D eigenvalue weighted by atomic mass is 16.5. The van der Waals surface area contributed by atoms with E-state index < -0.39 is 5.97 Å². The Hall–Kier alpha value is -3.41. The maximum Gasteiger partial charge on any atom is 0.342 e. The van der Waals surface area contributed by atoms with Crippen LogP contribution in [0.25, 0.3) is 0 Å². The molecule has 0 saturated carbocycles. The van der Waals surface area contributed by atoms with Crippen LogP contribution in [-0.2, 0) is 16.1 Å². The van der Waals surface area contributed by atoms with Crippen molar-refractivity contribution in [2.75, 3.05) is 11.9 Å². The zero-order valence-corrected chi connectivity index (χ0v) is 15.3. The van der Waals surface area contributed by atoms with Gasteiger partial charge in [-0.1, -0.05) is 48.5 Å². The number of nitrogens with zero attached hydrogens (tertiary/aromatic N) is 2. The molecule has 1 heterocycles. The number of carbonyl (C=O) groups is 2. The van der Waals surface area contributed by atoms with E-state index in [1.54, 1.807) is 23.7 Å². The van der Waals surface area contributed by atoms with Gasteiger partial charge in [-0.3, -0.25) is 9.48 Å². The molecule has 6 heteroatoms. The molecule has 1 aromatic heterocycles. The number of amides is 1. The lowest BCUT2D eigenvalue weighted by atomic mass is 10.2. The van der Waals surface area contributed by atoms with Crippen molar-refractivity contribution < 1.29 is 14.3 Å². The van der Waals surface area contributed by atoms with Gasteiger partial charge in [0, 0.05) is 5.69 Å². The molecule has 27 heavy (non-hydrogen) atoms. The van der Waals surface area contributed by atoms with E-state index >= 15 is 0 Å². The third-order valence-corrected chi connectivity index (χ3v) is 4.15. The second kappa shape index (κ2) is 8.31. The third-order valence-electron chi connectivity index (χ3n) is 4.15. The highest BCUT2D eigenvalue weighted by Crippen LogP contribution is 2.16. The minimum atomic E-state index is -0.549. The number of rotatable bonds is 6. The van der Waals surface area contributed by atoms with Gasteiger partial charge in [0.15, 0.2) is 6.61 Å². The van der Waals surface area contributed by atoms with Crippen LogP contribution in [-0.4, -0.2) is 28.3 Å². The molecule has 0 atom stereocenters. The zero-order valence-electron chi connectivity index (χ0n) is 15.3. The summed E-state index contributed by atoms with van der Waals surface area (Å²) in [5, 5.41) is 7.12. The molecule has 0 saturated heterocycles. The minimum Gasteiger partial charge on any atom is -0.452 e. The summed E-state index contributed by atoms with van der Waals surface area (Å²) in [6.07, 6.45) is 0. The van der Waals surface area contributed by atoms with Gasteiger partial charge in [0.1, 0.15) is 5.56 Å². The predicted octanol–water partition coefficient (Wildman–Crippen LogP) is 3.34. The summed E-state index contributed by atoms with van der Waals surface area (Å²) in [5.41, 5.74) is 3.44. The number of aryl methyl sites for hydroxylation is 1. The Kier molecular flexibility index (Phi) is 5.66. The quantitative estimate of drug-likeness (QED) is 0.682. The van der Waals surface area contributed by atoms with Gasteiger partial charge in [-0.2, -0.15) is 5.10 Å². The SMILES string of the molecule is Cc1nn(Cc2ccccc2)c(C)c1C(=O)OCC(=O)Nc1ccccc1. The molecule has 1 N–H and O–H groups in total. The predicted molar refractivity (Wildman–Crippen MR) is 103 cm³/mol. The fourth-order valence-corrected chi connectivity index (χ4v) is 2.82. The van der Waals surface area contributed by atoms with Crippen LogP contribution in [0.15, 0.2) is 60.7 Å². The van der Waals surface area contributed by atoms with E-state index in [1.807, 2.05) is 55.5 Å². The molecule has 0 fully saturated rings. The highest BCUT2D eigenvalue weighted by Gasteiger charge is 2.21. The van der Waals surface area contributed by atoms with Gasteiger partial charge >= 0.3 is 5.97 Å². The Bertz CT molecular complexity index is 934. The number of para-hydroxylation sites is 1. The lowest BCUT2D eigenvalue weighted by molar-refractivity contribution is -0.119. The largest absolute Gasteiger partial charge is 0.452 e. The van der Waals surface area contributed by atoms with Gasteiger partial charge < -0.3 is 10.1 Å². The van der Waals surface area contributed by atoms with Gasteiger partial charge in [0.2, 0.25) is 0 Å². The van der Waals surface area contributed by atoms with Crippen LogP contribution in [0.3, 0.4) is 0 Å². The normalized spacial score (nSPS) is 10.4. The first-order chi connectivity index (χ1) is 13.0. The lowest BCUT2D eigenvalue weighted by Crippen LogP contribution is -2.21. The maximum atomic E-state index is 12.5. The first-order valence-corrected chi connectivity index (χ1v) is 8.64. The highest BCUT2D eigenvalue weighted by molar-refractivity contribution is 5.96. The molecule has 0 bridgehead atoms. The summed E-state index contributed by atoms with van der Waals surface area (Å²) in [6.45, 7) is 3.80. The lowest BCUT2D eigenvalue weighted by Gasteiger charge is -2.07. The van der Waals surface area contributed by atoms with Crippen molar-refractivity contribution in [3.8, 4) is 0 Å². The smallest absolute Gasteiger partial charge is 0.342 e. The Morgan fingerprint density at radius 3 is 2.30 bits per heavy atom. The van der Waals surface area contributed by atoms with Crippen LogP contribution < -0.4 is 5.32 Å². The molecule has 0 aliphatic carbocycles. The van der Waals surface area contributed by atoms with E-state index in [1.165, 1.54) is 0 Å². The number of benzene rings is 2. The average Bonchev–Trinajstić information content (AvgIpc) is 2.95. The van der Waals surface area contributed by atoms with E-state index in [0.29, 0.717) is 29.2 Å². The van der Waals surface area contributed by atoms with E-state index in [2.05, 4.69) is 10.4 Å². The van der Waals surface area contributed by atoms with E-state index in [0.717, 1.165) is 5.56 Å². The first-order valence-electron chi connectivity index (χ1n) is 8.64. The van der Waals surface area contributed by atoms with Crippen LogP contribution in [0.4, 0.5) is 5.69 Å². The van der Waals surface area contributed by atoms with Crippen molar-refractivity contribution in [1.82, 2.24) is 9.78 Å². The molecule has 3 aromatic rings. The second-order valence-electron chi connectivity index (χ2n) is 6.18. The average molecular weight is 363 g/mol. The van der Waals surface area contributed by atoms with Crippen molar-refractivity contribution in [3.05, 3.63) is 83.2 Å². The van der Waals surface area contributed by atoms with Crippen LogP contribution in [0.5, 0.6) is 0 Å². The van der Waals surface area contributed by atoms with E-state index in [9.17, 15) is 9.59 Å². The number of hydrogen-bond donors (Lipinski definition) is 1. The Labute approximate surface area is 157 Å². The van der Waals surface area contributed by atoms with Crippen LogP contribution >= 0.6 is 0 Å². The van der Waals surface area contributed by atoms with Crippen LogP contribution in [0, 0.1) is 13.8 Å². The molecule has 138 valence electrons. The Morgan fingerprint density at radius 2 is 1.63 bits per heavy atom. The van der Waals surface area contributed by atoms with Gasteiger partial charge in [-0.15, -0.1) is 0 Å². The minimum absolute atomic E-state index is 0.351. The molecule has 3 rings (SSSR count). The van der Waals surface area contributed by atoms with E-state index in [4.69, 9.17) is 4.74 Å². The zero-order chi connectivity index (χ0) is 19.2. The summed E-state index contributed by atoms with van der Waals surface area (Å²) < 4.78 is 6.95. The summed E-state index contributed by atoms with van der Waals surface area (Å²) in [7, 11) is 0. The van der Waals surface area contributed by atoms with Crippen molar-refractivity contribution in [3.63, 3.8) is 0 Å². The first kappa shape index (κ1) is 18.4. The van der Waals surface area contributed by atoms with Crippen LogP contribution in [0.2, 0.25) is 0 Å². The topological polar surface area (TPSA) is 73.2 Å². The molecule has 0 aliphatic heterocycles. The van der Waals surface area contributed by atoms with Crippen molar-refractivity contribution >= 4 is 17.6 Å². The molecular weight excluding hydrogens is 342 g/mol. The third kappa shape index (κ3) is 4.61. The molecule has 0 radical (unpaired) electrons. The molecule has 2 aromatic carbocycles. The molecular formula is C21H21N3O3. The van der Waals surface area contributed by atoms with Gasteiger partial charge in [0.25, 0.3) is 5.91 Å². The molecule has 0 unspecified atom stereocenters. The number of carbonyl (C=O) groups excluding carboxylic acids is 2. The summed E-state index contributed by atoms with van der Waals surface area (Å²) >= 11 is 0. The van der Waals surface area contributed by atoms with E-state index in [-0.39, 0.29) is 12.5 Å². The van der Waals surface area contributed by atoms with Crippen molar-refractivity contribution in [2.24, 2.45) is 0 Å². The number of hydrogen-bond acceptors (Lipinski definition) is 4. The molecule has 0 spiro atoms. The molecule has 0 aliphatic rings. The maximum absolute atomic E-state index is 12.5. The standard InChI is InChI=1S/C21H21N3O3/c1-15-20(16(2)24(23-15)13-17-9-5-3-6-10-17)21(26)27-14-19(25)22-18-11-7-4-8-12-18/h3-12H,13-14H2,1-2H3,(H,22,25).